The van der Waals surface area contributed by atoms with Gasteiger partial charge in [0.1, 0.15) is 0 Å². The molecule has 1 aliphatic carbocycles. The highest BCUT2D eigenvalue weighted by Gasteiger charge is 2.70. The Morgan fingerprint density at radius 1 is 1.12 bits per heavy atom. The largest absolute Gasteiger partial charge is 0.381 e. The molecule has 0 heterocycles. The van der Waals surface area contributed by atoms with E-state index < -0.39 is 20.5 Å². The van der Waals surface area contributed by atoms with Gasteiger partial charge in [-0.1, -0.05) is 41.4 Å². The molecule has 2 aromatic rings. The Morgan fingerprint density at radius 3 is 2.27 bits per heavy atom. The predicted molar refractivity (Wildman–Crippen MR) is 104 cm³/mol. The van der Waals surface area contributed by atoms with Crippen LogP contribution < -0.4 is 5.73 Å². The molecule has 1 fully saturated rings. The van der Waals surface area contributed by atoms with Gasteiger partial charge in [0.05, 0.1) is 16.8 Å². The molecule has 3 atom stereocenters. The van der Waals surface area contributed by atoms with Gasteiger partial charge in [-0.15, -0.1) is 0 Å². The standard InChI is InChI=1S/C20H24ClNO3S/c1-3-25-13-20(12-22)18(15-6-8-16(21)9-7-15)19(20)26(23,24)17-10-4-14(2)5-11-17/h4-11,18-19H,3,12-13,22H2,1-2H3/t18-,19-,20-/m0/s1. The minimum atomic E-state index is -3.53. The minimum absolute atomic E-state index is 0.206. The highest BCUT2D eigenvalue weighted by atomic mass is 35.5. The van der Waals surface area contributed by atoms with E-state index in [9.17, 15) is 8.42 Å². The summed E-state index contributed by atoms with van der Waals surface area (Å²) in [6.07, 6.45) is 0. The van der Waals surface area contributed by atoms with Crippen LogP contribution in [0.4, 0.5) is 0 Å². The van der Waals surface area contributed by atoms with Crippen molar-refractivity contribution in [1.82, 2.24) is 0 Å². The van der Waals surface area contributed by atoms with Gasteiger partial charge in [-0.2, -0.15) is 0 Å². The second kappa shape index (κ2) is 7.31. The summed E-state index contributed by atoms with van der Waals surface area (Å²) in [4.78, 5) is 0.332. The molecule has 2 aromatic carbocycles. The number of hydrogen-bond donors (Lipinski definition) is 1. The van der Waals surface area contributed by atoms with Crippen LogP contribution in [-0.4, -0.2) is 33.4 Å². The maximum atomic E-state index is 13.4. The summed E-state index contributed by atoms with van der Waals surface area (Å²) in [6.45, 7) is 4.92. The minimum Gasteiger partial charge on any atom is -0.381 e. The molecular weight excluding hydrogens is 370 g/mol. The smallest absolute Gasteiger partial charge is 0.182 e. The van der Waals surface area contributed by atoms with E-state index in [2.05, 4.69) is 0 Å². The Balaban J connectivity index is 2.03. The molecule has 2 N–H and O–H groups in total. The highest BCUT2D eigenvalue weighted by molar-refractivity contribution is 7.92. The second-order valence-electron chi connectivity index (χ2n) is 6.88. The third kappa shape index (κ3) is 3.29. The number of benzene rings is 2. The van der Waals surface area contributed by atoms with Crippen LogP contribution in [0.3, 0.4) is 0 Å². The topological polar surface area (TPSA) is 69.4 Å². The summed E-state index contributed by atoms with van der Waals surface area (Å²) >= 11 is 5.99. The van der Waals surface area contributed by atoms with Crippen LogP contribution in [-0.2, 0) is 14.6 Å². The van der Waals surface area contributed by atoms with Crippen molar-refractivity contribution in [3.63, 3.8) is 0 Å². The summed E-state index contributed by atoms with van der Waals surface area (Å²) < 4.78 is 32.4. The Labute approximate surface area is 160 Å². The number of sulfone groups is 1. The Kier molecular flexibility index (Phi) is 5.45. The van der Waals surface area contributed by atoms with E-state index >= 15 is 0 Å². The molecule has 140 valence electrons. The lowest BCUT2D eigenvalue weighted by atomic mass is 10.00. The first kappa shape index (κ1) is 19.4. The number of nitrogens with two attached hydrogens (primary N) is 1. The maximum absolute atomic E-state index is 13.4. The van der Waals surface area contributed by atoms with Gasteiger partial charge in [-0.05, 0) is 43.7 Å². The number of ether oxygens (including phenoxy) is 1. The first-order valence-corrected chi connectivity index (χ1v) is 10.6. The van der Waals surface area contributed by atoms with Gasteiger partial charge >= 0.3 is 0 Å². The van der Waals surface area contributed by atoms with E-state index in [0.717, 1.165) is 11.1 Å². The fourth-order valence-electron chi connectivity index (χ4n) is 3.76. The molecule has 1 saturated carbocycles. The first-order chi connectivity index (χ1) is 12.4. The van der Waals surface area contributed by atoms with Crippen LogP contribution in [0.15, 0.2) is 53.4 Å². The maximum Gasteiger partial charge on any atom is 0.182 e. The van der Waals surface area contributed by atoms with E-state index in [0.29, 0.717) is 23.1 Å². The summed E-state index contributed by atoms with van der Waals surface area (Å²) in [6, 6.07) is 14.3. The summed E-state index contributed by atoms with van der Waals surface area (Å²) in [5.74, 6) is -0.206. The third-order valence-electron chi connectivity index (χ3n) is 5.25. The van der Waals surface area contributed by atoms with Gasteiger partial charge in [0, 0.05) is 29.5 Å². The molecule has 0 unspecified atom stereocenters. The molecule has 0 bridgehead atoms. The van der Waals surface area contributed by atoms with Crippen molar-refractivity contribution in [2.24, 2.45) is 11.1 Å². The fraction of sp³-hybridized carbons (Fsp3) is 0.400. The summed E-state index contributed by atoms with van der Waals surface area (Å²) in [5.41, 5.74) is 7.42. The molecule has 0 aromatic heterocycles. The number of halogens is 1. The monoisotopic (exact) mass is 393 g/mol. The zero-order chi connectivity index (χ0) is 18.9. The van der Waals surface area contributed by atoms with E-state index in [1.165, 1.54) is 0 Å². The first-order valence-electron chi connectivity index (χ1n) is 8.70. The lowest BCUT2D eigenvalue weighted by Gasteiger charge is -2.16. The zero-order valence-electron chi connectivity index (χ0n) is 15.0. The van der Waals surface area contributed by atoms with Gasteiger partial charge < -0.3 is 10.5 Å². The molecule has 4 nitrogen and oxygen atoms in total. The Bertz CT molecular complexity index is 865. The lowest BCUT2D eigenvalue weighted by molar-refractivity contribution is 0.101. The molecule has 6 heteroatoms. The number of rotatable bonds is 7. The average Bonchev–Trinajstić information content (AvgIpc) is 3.31. The normalized spacial score (nSPS) is 25.2. The van der Waals surface area contributed by atoms with Gasteiger partial charge in [-0.25, -0.2) is 8.42 Å². The molecule has 0 saturated heterocycles. The molecule has 26 heavy (non-hydrogen) atoms. The quantitative estimate of drug-likeness (QED) is 0.780. The number of aryl methyl sites for hydroxylation is 1. The van der Waals surface area contributed by atoms with Gasteiger partial charge in [0.15, 0.2) is 9.84 Å². The highest BCUT2D eigenvalue weighted by Crippen LogP contribution is 2.63. The predicted octanol–water partition coefficient (Wildman–Crippen LogP) is 3.57. The van der Waals surface area contributed by atoms with Gasteiger partial charge in [0.25, 0.3) is 0 Å². The Hall–Kier alpha value is -1.40. The van der Waals surface area contributed by atoms with Crippen LogP contribution in [0.5, 0.6) is 0 Å². The third-order valence-corrected chi connectivity index (χ3v) is 7.84. The van der Waals surface area contributed by atoms with Crippen molar-refractivity contribution in [3.8, 4) is 0 Å². The van der Waals surface area contributed by atoms with Crippen molar-refractivity contribution in [1.29, 1.82) is 0 Å². The SMILES string of the molecule is CCOC[C@@]1(CN)[C@@H](c2ccc(Cl)cc2)[C@@H]1S(=O)(=O)c1ccc(C)cc1. The second-order valence-corrected chi connectivity index (χ2v) is 9.39. The van der Waals surface area contributed by atoms with Crippen molar-refractivity contribution >= 4 is 21.4 Å². The van der Waals surface area contributed by atoms with E-state index in [1.54, 1.807) is 24.3 Å². The average molecular weight is 394 g/mol. The van der Waals surface area contributed by atoms with Crippen LogP contribution in [0.25, 0.3) is 0 Å². The van der Waals surface area contributed by atoms with E-state index in [1.807, 2.05) is 38.1 Å². The van der Waals surface area contributed by atoms with Crippen LogP contribution in [0, 0.1) is 12.3 Å². The van der Waals surface area contributed by atoms with Crippen molar-refractivity contribution in [3.05, 3.63) is 64.7 Å². The molecule has 0 aliphatic heterocycles. The lowest BCUT2D eigenvalue weighted by Crippen LogP contribution is -2.29. The summed E-state index contributed by atoms with van der Waals surface area (Å²) in [5, 5.41) is 0.0194. The molecule has 0 spiro atoms. The fourth-order valence-corrected chi connectivity index (χ4v) is 6.33. The van der Waals surface area contributed by atoms with E-state index in [4.69, 9.17) is 22.1 Å². The van der Waals surface area contributed by atoms with Crippen LogP contribution in [0.2, 0.25) is 5.02 Å². The molecule has 3 rings (SSSR count). The van der Waals surface area contributed by atoms with Crippen LogP contribution in [0.1, 0.15) is 24.0 Å². The summed E-state index contributed by atoms with van der Waals surface area (Å²) in [7, 11) is -3.53. The van der Waals surface area contributed by atoms with Crippen LogP contribution >= 0.6 is 11.6 Å². The zero-order valence-corrected chi connectivity index (χ0v) is 16.6. The van der Waals surface area contributed by atoms with Gasteiger partial charge in [-0.3, -0.25) is 0 Å². The molecule has 0 radical (unpaired) electrons. The van der Waals surface area contributed by atoms with Gasteiger partial charge in [0.2, 0.25) is 0 Å². The van der Waals surface area contributed by atoms with Crippen molar-refractivity contribution in [2.75, 3.05) is 19.8 Å². The molecule has 0 amide bonds. The Morgan fingerprint density at radius 2 is 1.73 bits per heavy atom. The molecule has 1 aliphatic rings. The van der Waals surface area contributed by atoms with E-state index in [-0.39, 0.29) is 12.5 Å². The van der Waals surface area contributed by atoms with Crippen molar-refractivity contribution in [2.45, 2.75) is 29.9 Å². The number of hydrogen-bond acceptors (Lipinski definition) is 4. The molecular formula is C20H24ClNO3S. The van der Waals surface area contributed by atoms with Crippen molar-refractivity contribution < 1.29 is 13.2 Å².